The summed E-state index contributed by atoms with van der Waals surface area (Å²) in [5, 5.41) is 3.39. The largest absolute Gasteiger partial charge is 0.307 e. The standard InChI is InChI=1S/C11H19NO.ClH/c13-10-7-4-8-12-11(10)9-5-2-1-3-6-9;/h9,11-12H,1-8H2;1H. The molecular weight excluding hydrogens is 198 g/mol. The van der Waals surface area contributed by atoms with E-state index in [-0.39, 0.29) is 18.4 Å². The van der Waals surface area contributed by atoms with Gasteiger partial charge in [-0.1, -0.05) is 19.3 Å². The van der Waals surface area contributed by atoms with E-state index in [1.165, 1.54) is 32.1 Å². The van der Waals surface area contributed by atoms with Crippen LogP contribution in [0.4, 0.5) is 0 Å². The van der Waals surface area contributed by atoms with Crippen molar-refractivity contribution >= 4 is 18.2 Å². The van der Waals surface area contributed by atoms with E-state index in [9.17, 15) is 4.79 Å². The van der Waals surface area contributed by atoms with Crippen LogP contribution in [0, 0.1) is 5.92 Å². The first-order valence-corrected chi connectivity index (χ1v) is 5.64. The number of rotatable bonds is 1. The summed E-state index contributed by atoms with van der Waals surface area (Å²) in [6.07, 6.45) is 8.42. The van der Waals surface area contributed by atoms with Crippen molar-refractivity contribution in [3.05, 3.63) is 0 Å². The molecule has 3 heteroatoms. The summed E-state index contributed by atoms with van der Waals surface area (Å²) in [7, 11) is 0. The summed E-state index contributed by atoms with van der Waals surface area (Å²) >= 11 is 0. The Hall–Kier alpha value is -0.0800. The molecule has 0 radical (unpaired) electrons. The van der Waals surface area contributed by atoms with Gasteiger partial charge in [-0.2, -0.15) is 0 Å². The summed E-state index contributed by atoms with van der Waals surface area (Å²) in [5.41, 5.74) is 0. The summed E-state index contributed by atoms with van der Waals surface area (Å²) < 4.78 is 0. The quantitative estimate of drug-likeness (QED) is 0.731. The Bertz CT molecular complexity index is 190. The molecule has 0 aromatic carbocycles. The summed E-state index contributed by atoms with van der Waals surface area (Å²) in [6.45, 7) is 1.05. The maximum absolute atomic E-state index is 11.6. The summed E-state index contributed by atoms with van der Waals surface area (Å²) in [6, 6.07) is 0.217. The van der Waals surface area contributed by atoms with Crippen LogP contribution in [0.3, 0.4) is 0 Å². The van der Waals surface area contributed by atoms with Gasteiger partial charge in [-0.15, -0.1) is 12.4 Å². The highest BCUT2D eigenvalue weighted by atomic mass is 35.5. The highest BCUT2D eigenvalue weighted by molar-refractivity contribution is 5.85. The maximum atomic E-state index is 11.6. The molecule has 1 heterocycles. The van der Waals surface area contributed by atoms with E-state index in [1.807, 2.05) is 0 Å². The smallest absolute Gasteiger partial charge is 0.150 e. The highest BCUT2D eigenvalue weighted by Crippen LogP contribution is 2.28. The fourth-order valence-corrected chi connectivity index (χ4v) is 2.69. The van der Waals surface area contributed by atoms with Crippen molar-refractivity contribution in [2.24, 2.45) is 5.92 Å². The van der Waals surface area contributed by atoms with Crippen molar-refractivity contribution < 1.29 is 4.79 Å². The lowest BCUT2D eigenvalue weighted by atomic mass is 9.80. The monoisotopic (exact) mass is 217 g/mol. The highest BCUT2D eigenvalue weighted by Gasteiger charge is 2.30. The van der Waals surface area contributed by atoms with Gasteiger partial charge < -0.3 is 5.32 Å². The lowest BCUT2D eigenvalue weighted by Crippen LogP contribution is -2.47. The molecule has 0 spiro atoms. The van der Waals surface area contributed by atoms with Crippen molar-refractivity contribution in [1.82, 2.24) is 5.32 Å². The van der Waals surface area contributed by atoms with Crippen LogP contribution in [0.15, 0.2) is 0 Å². The zero-order chi connectivity index (χ0) is 9.10. The fraction of sp³-hybridized carbons (Fsp3) is 0.909. The number of halogens is 1. The molecule has 82 valence electrons. The molecule has 2 rings (SSSR count). The number of nitrogens with one attached hydrogen (secondary N) is 1. The summed E-state index contributed by atoms with van der Waals surface area (Å²) in [4.78, 5) is 11.6. The van der Waals surface area contributed by atoms with Crippen LogP contribution in [0.1, 0.15) is 44.9 Å². The first-order valence-electron chi connectivity index (χ1n) is 5.64. The predicted octanol–water partition coefficient (Wildman–Crippen LogP) is 2.31. The van der Waals surface area contributed by atoms with E-state index in [0.717, 1.165) is 19.4 Å². The molecule has 1 saturated carbocycles. The first-order chi connectivity index (χ1) is 6.38. The van der Waals surface area contributed by atoms with Gasteiger partial charge in [-0.3, -0.25) is 4.79 Å². The van der Waals surface area contributed by atoms with Crippen molar-refractivity contribution in [3.63, 3.8) is 0 Å². The molecule has 14 heavy (non-hydrogen) atoms. The number of hydrogen-bond acceptors (Lipinski definition) is 2. The average Bonchev–Trinajstić information content (AvgIpc) is 2.20. The third-order valence-corrected chi connectivity index (χ3v) is 3.43. The number of hydrogen-bond donors (Lipinski definition) is 1. The number of piperidine rings is 1. The third-order valence-electron chi connectivity index (χ3n) is 3.43. The minimum Gasteiger partial charge on any atom is -0.307 e. The molecule has 0 aromatic rings. The number of ketones is 1. The molecule has 0 aromatic heterocycles. The minimum absolute atomic E-state index is 0. The van der Waals surface area contributed by atoms with Crippen LogP contribution in [0.5, 0.6) is 0 Å². The zero-order valence-electron chi connectivity index (χ0n) is 8.63. The van der Waals surface area contributed by atoms with Gasteiger partial charge in [0.2, 0.25) is 0 Å². The van der Waals surface area contributed by atoms with Gasteiger partial charge in [0.25, 0.3) is 0 Å². The number of carbonyl (C=O) groups is 1. The maximum Gasteiger partial charge on any atom is 0.150 e. The molecule has 1 aliphatic carbocycles. The molecule has 1 aliphatic heterocycles. The molecular formula is C11H20ClNO. The van der Waals surface area contributed by atoms with E-state index in [1.54, 1.807) is 0 Å². The van der Waals surface area contributed by atoms with Gasteiger partial charge in [0.05, 0.1) is 6.04 Å². The molecule has 0 bridgehead atoms. The zero-order valence-corrected chi connectivity index (χ0v) is 9.44. The molecule has 2 nitrogen and oxygen atoms in total. The third kappa shape index (κ3) is 2.71. The van der Waals surface area contributed by atoms with E-state index < -0.39 is 0 Å². The lowest BCUT2D eigenvalue weighted by Gasteiger charge is -2.32. The van der Waals surface area contributed by atoms with Crippen molar-refractivity contribution in [2.45, 2.75) is 51.0 Å². The van der Waals surface area contributed by atoms with E-state index in [4.69, 9.17) is 0 Å². The Labute approximate surface area is 92.2 Å². The van der Waals surface area contributed by atoms with E-state index in [0.29, 0.717) is 11.7 Å². The Kier molecular flexibility index (Phi) is 4.90. The van der Waals surface area contributed by atoms with Crippen LogP contribution in [-0.4, -0.2) is 18.4 Å². The molecule has 1 unspecified atom stereocenters. The van der Waals surface area contributed by atoms with Gasteiger partial charge in [0.15, 0.2) is 0 Å². The first kappa shape index (κ1) is 12.0. The second-order valence-corrected chi connectivity index (χ2v) is 4.40. The van der Waals surface area contributed by atoms with Gasteiger partial charge in [0, 0.05) is 6.42 Å². The van der Waals surface area contributed by atoms with E-state index >= 15 is 0 Å². The normalized spacial score (nSPS) is 29.7. The van der Waals surface area contributed by atoms with Crippen LogP contribution >= 0.6 is 12.4 Å². The van der Waals surface area contributed by atoms with Crippen molar-refractivity contribution in [1.29, 1.82) is 0 Å². The fourth-order valence-electron chi connectivity index (χ4n) is 2.69. The number of Topliss-reactive ketones (excluding diaryl/α,β-unsaturated/α-hetero) is 1. The Morgan fingerprint density at radius 3 is 2.43 bits per heavy atom. The number of carbonyl (C=O) groups excluding carboxylic acids is 1. The van der Waals surface area contributed by atoms with Crippen LogP contribution < -0.4 is 5.32 Å². The average molecular weight is 218 g/mol. The second kappa shape index (κ2) is 5.72. The Balaban J connectivity index is 0.000000980. The van der Waals surface area contributed by atoms with Crippen LogP contribution in [-0.2, 0) is 4.79 Å². The predicted molar refractivity (Wildman–Crippen MR) is 59.9 cm³/mol. The van der Waals surface area contributed by atoms with Gasteiger partial charge in [-0.25, -0.2) is 0 Å². The molecule has 1 N–H and O–H groups in total. The van der Waals surface area contributed by atoms with Crippen molar-refractivity contribution in [2.75, 3.05) is 6.54 Å². The van der Waals surface area contributed by atoms with Crippen LogP contribution in [0.25, 0.3) is 0 Å². The van der Waals surface area contributed by atoms with Gasteiger partial charge in [-0.05, 0) is 31.7 Å². The molecule has 0 amide bonds. The lowest BCUT2D eigenvalue weighted by molar-refractivity contribution is -0.124. The minimum atomic E-state index is 0. The topological polar surface area (TPSA) is 29.1 Å². The summed E-state index contributed by atoms with van der Waals surface area (Å²) in [5.74, 6) is 1.12. The Morgan fingerprint density at radius 2 is 1.79 bits per heavy atom. The van der Waals surface area contributed by atoms with E-state index in [2.05, 4.69) is 5.32 Å². The SMILES string of the molecule is Cl.O=C1CCCNC1C1CCCCC1. The molecule has 1 atom stereocenters. The van der Waals surface area contributed by atoms with Gasteiger partial charge >= 0.3 is 0 Å². The Morgan fingerprint density at radius 1 is 1.07 bits per heavy atom. The van der Waals surface area contributed by atoms with Crippen molar-refractivity contribution in [3.8, 4) is 0 Å². The molecule has 2 fully saturated rings. The van der Waals surface area contributed by atoms with Crippen LogP contribution in [0.2, 0.25) is 0 Å². The molecule has 2 aliphatic rings. The van der Waals surface area contributed by atoms with Gasteiger partial charge in [0.1, 0.15) is 5.78 Å². The molecule has 1 saturated heterocycles. The second-order valence-electron chi connectivity index (χ2n) is 4.40.